The number of halogens is 2. The van der Waals surface area contributed by atoms with Crippen molar-refractivity contribution in [3.63, 3.8) is 0 Å². The number of anilines is 1. The number of aromatic nitrogens is 2. The topological polar surface area (TPSA) is 78.2 Å². The number of carbonyl (C=O) groups is 1. The van der Waals surface area contributed by atoms with Crippen LogP contribution < -0.4 is 4.31 Å². The molecule has 2 fully saturated rings. The molecule has 2 aliphatic heterocycles. The van der Waals surface area contributed by atoms with E-state index in [4.69, 9.17) is 28.2 Å². The van der Waals surface area contributed by atoms with Crippen LogP contribution in [0.15, 0.2) is 36.5 Å². The Balaban J connectivity index is 1.58. The van der Waals surface area contributed by atoms with Crippen molar-refractivity contribution in [1.29, 1.82) is 0 Å². The fraction of sp³-hybridized carbons (Fsp3) is 0.417. The molecular formula is C24H27Cl2N5O3S. The highest BCUT2D eigenvalue weighted by Gasteiger charge is 2.28. The highest BCUT2D eigenvalue weighted by Crippen LogP contribution is 2.34. The van der Waals surface area contributed by atoms with E-state index in [2.05, 4.69) is 4.90 Å². The number of fused-ring (bicyclic) bond motifs is 1. The molecule has 0 bridgehead atoms. The lowest BCUT2D eigenvalue weighted by Crippen LogP contribution is -2.47. The molecule has 4 heterocycles. The summed E-state index contributed by atoms with van der Waals surface area (Å²) in [6.07, 6.45) is 3.38. The van der Waals surface area contributed by atoms with Crippen LogP contribution in [-0.4, -0.2) is 72.0 Å². The van der Waals surface area contributed by atoms with E-state index < -0.39 is 10.0 Å². The van der Waals surface area contributed by atoms with Gasteiger partial charge in [0.1, 0.15) is 5.65 Å². The van der Waals surface area contributed by atoms with E-state index in [1.807, 2.05) is 33.7 Å². The third kappa shape index (κ3) is 4.87. The Labute approximate surface area is 215 Å². The molecule has 5 rings (SSSR count). The minimum absolute atomic E-state index is 0.0838. The molecule has 0 atom stereocenters. The van der Waals surface area contributed by atoms with Gasteiger partial charge in [0.15, 0.2) is 0 Å². The maximum atomic E-state index is 12.7. The van der Waals surface area contributed by atoms with Crippen LogP contribution in [0.1, 0.15) is 25.5 Å². The number of nitrogens with zero attached hydrogens (tertiary/aromatic N) is 5. The Kier molecular flexibility index (Phi) is 6.69. The van der Waals surface area contributed by atoms with E-state index in [0.29, 0.717) is 54.0 Å². The molecule has 186 valence electrons. The third-order valence-corrected chi connectivity index (χ3v) is 9.13. The average Bonchev–Trinajstić information content (AvgIpc) is 3.16. The quantitative estimate of drug-likeness (QED) is 0.506. The van der Waals surface area contributed by atoms with Crippen LogP contribution in [0, 0.1) is 0 Å². The Morgan fingerprint density at radius 1 is 1.03 bits per heavy atom. The van der Waals surface area contributed by atoms with Crippen LogP contribution in [0.25, 0.3) is 16.9 Å². The van der Waals surface area contributed by atoms with Gasteiger partial charge in [0, 0.05) is 63.0 Å². The Morgan fingerprint density at radius 2 is 1.80 bits per heavy atom. The molecule has 2 saturated heterocycles. The predicted octanol–water partition coefficient (Wildman–Crippen LogP) is 3.90. The normalized spacial score (nSPS) is 18.8. The third-order valence-electron chi connectivity index (χ3n) is 6.72. The molecular weight excluding hydrogens is 509 g/mol. The first-order valence-electron chi connectivity index (χ1n) is 11.7. The van der Waals surface area contributed by atoms with Gasteiger partial charge in [-0.2, -0.15) is 0 Å². The maximum absolute atomic E-state index is 12.7. The summed E-state index contributed by atoms with van der Waals surface area (Å²) in [5.74, 6) is 0.244. The summed E-state index contributed by atoms with van der Waals surface area (Å²) in [7, 11) is -3.34. The minimum atomic E-state index is -3.34. The zero-order valence-corrected chi connectivity index (χ0v) is 21.8. The zero-order chi connectivity index (χ0) is 24.7. The van der Waals surface area contributed by atoms with Crippen molar-refractivity contribution >= 4 is 50.5 Å². The summed E-state index contributed by atoms with van der Waals surface area (Å²) in [6, 6.07) is 9.01. The SMILES string of the molecule is CC(=O)N1CCN(Cc2c(-c3ccc(Cl)cc3Cl)nc3ccc(N4CCCCS4(=O)=O)cn23)CC1. The first kappa shape index (κ1) is 24.4. The molecule has 0 unspecified atom stereocenters. The van der Waals surface area contributed by atoms with Gasteiger partial charge in [-0.05, 0) is 43.2 Å². The highest BCUT2D eigenvalue weighted by molar-refractivity contribution is 7.92. The summed E-state index contributed by atoms with van der Waals surface area (Å²) < 4.78 is 28.9. The second-order valence-corrected chi connectivity index (χ2v) is 11.9. The van der Waals surface area contributed by atoms with Gasteiger partial charge in [0.25, 0.3) is 0 Å². The van der Waals surface area contributed by atoms with E-state index in [0.717, 1.165) is 36.5 Å². The van der Waals surface area contributed by atoms with Crippen molar-refractivity contribution in [2.24, 2.45) is 0 Å². The molecule has 0 aliphatic carbocycles. The molecule has 1 amide bonds. The van der Waals surface area contributed by atoms with Gasteiger partial charge in [-0.3, -0.25) is 18.4 Å². The first-order valence-corrected chi connectivity index (χ1v) is 14.0. The van der Waals surface area contributed by atoms with Crippen LogP contribution in [0.4, 0.5) is 5.69 Å². The first-order chi connectivity index (χ1) is 16.7. The van der Waals surface area contributed by atoms with E-state index in [1.165, 1.54) is 4.31 Å². The van der Waals surface area contributed by atoms with Crippen molar-refractivity contribution < 1.29 is 13.2 Å². The lowest BCUT2D eigenvalue weighted by atomic mass is 10.1. The highest BCUT2D eigenvalue weighted by atomic mass is 35.5. The molecule has 11 heteroatoms. The summed E-state index contributed by atoms with van der Waals surface area (Å²) in [4.78, 5) is 20.8. The summed E-state index contributed by atoms with van der Waals surface area (Å²) in [5.41, 5.74) is 3.76. The monoisotopic (exact) mass is 535 g/mol. The molecule has 35 heavy (non-hydrogen) atoms. The number of rotatable bonds is 4. The smallest absolute Gasteiger partial charge is 0.235 e. The minimum Gasteiger partial charge on any atom is -0.340 e. The molecule has 0 spiro atoms. The Hall–Kier alpha value is -2.33. The van der Waals surface area contributed by atoms with Gasteiger partial charge in [0.2, 0.25) is 15.9 Å². The van der Waals surface area contributed by atoms with Gasteiger partial charge in [-0.25, -0.2) is 13.4 Å². The van der Waals surface area contributed by atoms with Gasteiger partial charge in [-0.15, -0.1) is 0 Å². The number of piperazine rings is 1. The van der Waals surface area contributed by atoms with E-state index in [-0.39, 0.29) is 11.7 Å². The van der Waals surface area contributed by atoms with Crippen LogP contribution in [0.2, 0.25) is 10.0 Å². The number of hydrogen-bond donors (Lipinski definition) is 0. The molecule has 3 aromatic rings. The van der Waals surface area contributed by atoms with E-state index >= 15 is 0 Å². The van der Waals surface area contributed by atoms with Crippen LogP contribution in [0.5, 0.6) is 0 Å². The number of sulfonamides is 1. The van der Waals surface area contributed by atoms with Gasteiger partial charge in [0.05, 0.1) is 27.9 Å². The van der Waals surface area contributed by atoms with Crippen LogP contribution in [-0.2, 0) is 21.4 Å². The van der Waals surface area contributed by atoms with Gasteiger partial charge < -0.3 is 4.90 Å². The average molecular weight is 536 g/mol. The largest absolute Gasteiger partial charge is 0.340 e. The molecule has 2 aliphatic rings. The van der Waals surface area contributed by atoms with E-state index in [9.17, 15) is 13.2 Å². The van der Waals surface area contributed by atoms with Gasteiger partial charge in [-0.1, -0.05) is 23.2 Å². The molecule has 0 radical (unpaired) electrons. The number of carbonyl (C=O) groups excluding carboxylic acids is 1. The van der Waals surface area contributed by atoms with Gasteiger partial charge >= 0.3 is 0 Å². The zero-order valence-electron chi connectivity index (χ0n) is 19.5. The maximum Gasteiger partial charge on any atom is 0.235 e. The molecule has 2 aromatic heterocycles. The summed E-state index contributed by atoms with van der Waals surface area (Å²) in [6.45, 7) is 5.46. The Bertz CT molecular complexity index is 1380. The number of hydrogen-bond acceptors (Lipinski definition) is 5. The Morgan fingerprint density at radius 3 is 2.49 bits per heavy atom. The summed E-state index contributed by atoms with van der Waals surface area (Å²) in [5, 5.41) is 1.05. The molecule has 0 N–H and O–H groups in total. The number of amides is 1. The summed E-state index contributed by atoms with van der Waals surface area (Å²) >= 11 is 12.7. The van der Waals surface area contributed by atoms with Crippen molar-refractivity contribution in [3.8, 4) is 11.3 Å². The second-order valence-electron chi connectivity index (χ2n) is 9.02. The molecule has 0 saturated carbocycles. The number of imidazole rings is 1. The molecule has 1 aromatic carbocycles. The van der Waals surface area contributed by atoms with Crippen molar-refractivity contribution in [2.75, 3.05) is 42.8 Å². The lowest BCUT2D eigenvalue weighted by Gasteiger charge is -2.34. The second kappa shape index (κ2) is 9.61. The van der Waals surface area contributed by atoms with Crippen LogP contribution in [0.3, 0.4) is 0 Å². The number of benzene rings is 1. The standard InChI is InChI=1S/C24H27Cl2N5O3S/c1-17(32)29-11-9-28(10-12-29)16-22-24(20-6-4-18(25)14-21(20)26)27-23-7-5-19(15-30(22)23)31-8-2-3-13-35(31,33)34/h4-7,14-15H,2-3,8-13,16H2,1H3. The fourth-order valence-corrected chi connectivity index (χ4v) is 6.91. The number of pyridine rings is 1. The fourth-order valence-electron chi connectivity index (χ4n) is 4.79. The van der Waals surface area contributed by atoms with E-state index in [1.54, 1.807) is 19.1 Å². The van der Waals surface area contributed by atoms with Crippen molar-refractivity contribution in [2.45, 2.75) is 26.3 Å². The lowest BCUT2D eigenvalue weighted by molar-refractivity contribution is -0.130. The van der Waals surface area contributed by atoms with Crippen molar-refractivity contribution in [3.05, 3.63) is 52.3 Å². The van der Waals surface area contributed by atoms with Crippen molar-refractivity contribution in [1.82, 2.24) is 19.2 Å². The van der Waals surface area contributed by atoms with Crippen LogP contribution >= 0.6 is 23.2 Å². The molecule has 8 nitrogen and oxygen atoms in total. The predicted molar refractivity (Wildman–Crippen MR) is 139 cm³/mol.